The van der Waals surface area contributed by atoms with Gasteiger partial charge in [0.05, 0.1) is 43.3 Å². The molecule has 2 saturated carbocycles. The topological polar surface area (TPSA) is 144 Å². The van der Waals surface area contributed by atoms with Gasteiger partial charge in [0.1, 0.15) is 6.04 Å². The molecule has 3 aromatic rings. The van der Waals surface area contributed by atoms with Gasteiger partial charge >= 0.3 is 10.8 Å². The summed E-state index contributed by atoms with van der Waals surface area (Å²) in [6.45, 7) is 3.54. The van der Waals surface area contributed by atoms with Gasteiger partial charge in [-0.05, 0) is 80.0 Å². The Hall–Kier alpha value is -4.10. The number of carbonyl (C=O) groups is 4. The van der Waals surface area contributed by atoms with Crippen molar-refractivity contribution in [3.63, 3.8) is 0 Å². The van der Waals surface area contributed by atoms with Crippen LogP contribution in [0.25, 0.3) is 0 Å². The zero-order chi connectivity index (χ0) is 32.4. The minimum absolute atomic E-state index is 0.00652. The molecule has 7 rings (SSSR count). The highest BCUT2D eigenvalue weighted by atomic mass is 32.2. The van der Waals surface area contributed by atoms with E-state index in [-0.39, 0.29) is 52.2 Å². The van der Waals surface area contributed by atoms with E-state index >= 15 is 0 Å². The van der Waals surface area contributed by atoms with E-state index in [0.717, 1.165) is 26.8 Å². The first-order valence-electron chi connectivity index (χ1n) is 15.2. The monoisotopic (exact) mass is 663 g/mol. The van der Waals surface area contributed by atoms with Gasteiger partial charge in [0.25, 0.3) is 0 Å². The molecule has 3 amide bonds. The van der Waals surface area contributed by atoms with E-state index in [2.05, 4.69) is 10.3 Å². The minimum atomic E-state index is -1.02. The molecule has 2 aliphatic heterocycles. The van der Waals surface area contributed by atoms with Crippen LogP contribution in [0.15, 0.2) is 52.3 Å². The second kappa shape index (κ2) is 11.6. The molecular formula is C33H33N3O8S2. The largest absolute Gasteiger partial charge is 0.493 e. The number of likely N-dealkylation sites (tertiary alicyclic amines) is 1. The van der Waals surface area contributed by atoms with E-state index in [1.807, 2.05) is 18.2 Å². The van der Waals surface area contributed by atoms with Gasteiger partial charge in [-0.1, -0.05) is 17.4 Å². The molecule has 8 atom stereocenters. The fraction of sp³-hybridized carbons (Fsp3) is 0.424. The van der Waals surface area contributed by atoms with E-state index < -0.39 is 29.8 Å². The van der Waals surface area contributed by atoms with Crippen LogP contribution in [0, 0.1) is 29.6 Å². The molecule has 1 aromatic heterocycles. The number of aromatic nitrogens is 1. The van der Waals surface area contributed by atoms with Crippen molar-refractivity contribution in [1.82, 2.24) is 9.88 Å². The van der Waals surface area contributed by atoms with Crippen molar-refractivity contribution in [2.45, 2.75) is 42.5 Å². The van der Waals surface area contributed by atoms with Gasteiger partial charge in [0.2, 0.25) is 17.7 Å². The Balaban J connectivity index is 1.16. The van der Waals surface area contributed by atoms with E-state index in [4.69, 9.17) is 14.2 Å². The average Bonchev–Trinajstić information content (AvgIpc) is 3.79. The molecule has 240 valence electrons. The fourth-order valence-corrected chi connectivity index (χ4v) is 11.0. The van der Waals surface area contributed by atoms with E-state index in [9.17, 15) is 24.0 Å². The molecule has 46 heavy (non-hydrogen) atoms. The highest BCUT2D eigenvalue weighted by molar-refractivity contribution is 8.00. The number of anilines is 1. The van der Waals surface area contributed by atoms with Crippen LogP contribution in [0.3, 0.4) is 0 Å². The van der Waals surface area contributed by atoms with Crippen molar-refractivity contribution >= 4 is 52.5 Å². The standard InChI is InChI=1S/C33H33N3O8S2/c1-5-44-32(40)15-6-9-17(10-7-15)34-28(37)14(2)36-30(38)24-18-13-19(25(24)31(36)39)26-23(18)22(27-29(45-26)35-33(41)46-27)16-8-11-20(42-3)21(12-16)43-4/h6-12,14,18-19,22-26H,5,13H2,1-4H3,(H,34,37)(H,35,41). The molecule has 11 nitrogen and oxygen atoms in total. The Morgan fingerprint density at radius 1 is 1.00 bits per heavy atom. The van der Waals surface area contributed by atoms with Crippen LogP contribution in [0.5, 0.6) is 11.5 Å². The molecule has 0 spiro atoms. The number of amides is 3. The molecule has 1 saturated heterocycles. The quantitative estimate of drug-likeness (QED) is 0.269. The Labute approximate surface area is 273 Å². The Bertz CT molecular complexity index is 1800. The van der Waals surface area contributed by atoms with Gasteiger partial charge in [0, 0.05) is 21.7 Å². The lowest BCUT2D eigenvalue weighted by Crippen LogP contribution is -2.46. The third kappa shape index (κ3) is 4.65. The number of thioether (sulfide) groups is 1. The Morgan fingerprint density at radius 3 is 2.37 bits per heavy atom. The summed E-state index contributed by atoms with van der Waals surface area (Å²) in [7, 11) is 3.16. The molecule has 2 aliphatic carbocycles. The maximum atomic E-state index is 14.1. The summed E-state index contributed by atoms with van der Waals surface area (Å²) in [5.74, 6) is -1.78. The molecule has 2 bridgehead atoms. The molecule has 0 radical (unpaired) electrons. The van der Waals surface area contributed by atoms with Crippen molar-refractivity contribution in [2.24, 2.45) is 29.6 Å². The molecule has 2 N–H and O–H groups in total. The zero-order valence-electron chi connectivity index (χ0n) is 25.6. The van der Waals surface area contributed by atoms with Crippen LogP contribution in [0.4, 0.5) is 5.69 Å². The van der Waals surface area contributed by atoms with Crippen molar-refractivity contribution in [2.75, 3.05) is 26.1 Å². The number of aromatic amines is 1. The first-order valence-corrected chi connectivity index (χ1v) is 16.9. The first-order chi connectivity index (χ1) is 22.2. The molecule has 2 aromatic carbocycles. The number of thiazole rings is 1. The SMILES string of the molecule is CCOC(=O)c1ccc(NC(=O)C(C)N2C(=O)C3C4CC(C3C2=O)C2C(c3ccc(OC)c(OC)c3)c3sc(=O)[nH]c3SC42)cc1. The van der Waals surface area contributed by atoms with Gasteiger partial charge in [0.15, 0.2) is 11.5 Å². The number of hydrogen-bond acceptors (Lipinski definition) is 10. The zero-order valence-corrected chi connectivity index (χ0v) is 27.2. The predicted octanol–water partition coefficient (Wildman–Crippen LogP) is 4.13. The van der Waals surface area contributed by atoms with Crippen LogP contribution in [0.2, 0.25) is 0 Å². The number of nitrogens with one attached hydrogen (secondary N) is 2. The second-order valence-electron chi connectivity index (χ2n) is 12.1. The number of ether oxygens (including phenoxy) is 3. The summed E-state index contributed by atoms with van der Waals surface area (Å²) in [6.07, 6.45) is 0.735. The van der Waals surface area contributed by atoms with Gasteiger partial charge in [-0.15, -0.1) is 11.8 Å². The number of methoxy groups -OCH3 is 2. The van der Waals surface area contributed by atoms with Crippen molar-refractivity contribution in [3.8, 4) is 11.5 Å². The fourth-order valence-electron chi connectivity index (χ4n) is 8.11. The Morgan fingerprint density at radius 2 is 1.70 bits per heavy atom. The van der Waals surface area contributed by atoms with Gasteiger partial charge in [-0.2, -0.15) is 0 Å². The van der Waals surface area contributed by atoms with Crippen molar-refractivity contribution < 1.29 is 33.4 Å². The van der Waals surface area contributed by atoms with Gasteiger partial charge in [-0.3, -0.25) is 24.1 Å². The van der Waals surface area contributed by atoms with Crippen molar-refractivity contribution in [3.05, 3.63) is 68.1 Å². The summed E-state index contributed by atoms with van der Waals surface area (Å²) >= 11 is 2.80. The van der Waals surface area contributed by atoms with E-state index in [0.29, 0.717) is 22.7 Å². The number of esters is 1. The first kappa shape index (κ1) is 30.5. The predicted molar refractivity (Wildman–Crippen MR) is 170 cm³/mol. The smallest absolute Gasteiger partial charge is 0.338 e. The average molecular weight is 664 g/mol. The summed E-state index contributed by atoms with van der Waals surface area (Å²) in [5, 5.41) is 3.61. The highest BCUT2D eigenvalue weighted by Gasteiger charge is 2.70. The molecule has 13 heteroatoms. The number of rotatable bonds is 8. The summed E-state index contributed by atoms with van der Waals surface area (Å²) in [6, 6.07) is 11.0. The van der Waals surface area contributed by atoms with Crippen LogP contribution in [0.1, 0.15) is 47.0 Å². The Kier molecular flexibility index (Phi) is 7.71. The highest BCUT2D eigenvalue weighted by Crippen LogP contribution is 2.68. The number of hydrogen-bond donors (Lipinski definition) is 2. The molecule has 8 unspecified atom stereocenters. The van der Waals surface area contributed by atoms with E-state index in [1.165, 1.54) is 11.3 Å². The minimum Gasteiger partial charge on any atom is -0.493 e. The van der Waals surface area contributed by atoms with Crippen LogP contribution < -0.4 is 19.7 Å². The summed E-state index contributed by atoms with van der Waals surface area (Å²) in [5.41, 5.74) is 1.75. The summed E-state index contributed by atoms with van der Waals surface area (Å²) < 4.78 is 16.1. The lowest BCUT2D eigenvalue weighted by atomic mass is 9.68. The maximum Gasteiger partial charge on any atom is 0.338 e. The van der Waals surface area contributed by atoms with Gasteiger partial charge in [-0.25, -0.2) is 4.79 Å². The van der Waals surface area contributed by atoms with Crippen molar-refractivity contribution in [1.29, 1.82) is 0 Å². The normalized spacial score (nSPS) is 27.9. The molecule has 3 heterocycles. The molecule has 4 aliphatic rings. The number of carbonyl (C=O) groups excluding carboxylic acids is 4. The number of fused-ring (bicyclic) bond motifs is 9. The third-order valence-corrected chi connectivity index (χ3v) is 12.5. The van der Waals surface area contributed by atoms with Crippen LogP contribution >= 0.6 is 23.1 Å². The molecular weight excluding hydrogens is 631 g/mol. The van der Waals surface area contributed by atoms with Crippen LogP contribution in [-0.4, -0.2) is 65.7 Å². The maximum absolute atomic E-state index is 14.1. The van der Waals surface area contributed by atoms with Crippen LogP contribution in [-0.2, 0) is 19.1 Å². The number of imide groups is 1. The molecule has 3 fully saturated rings. The second-order valence-corrected chi connectivity index (χ2v) is 14.3. The number of H-pyrrole nitrogens is 1. The van der Waals surface area contributed by atoms with E-state index in [1.54, 1.807) is 64.1 Å². The lowest BCUT2D eigenvalue weighted by Gasteiger charge is -2.43. The van der Waals surface area contributed by atoms with Gasteiger partial charge < -0.3 is 24.5 Å². The number of benzene rings is 2. The number of nitrogens with zero attached hydrogens (tertiary/aromatic N) is 1. The third-order valence-electron chi connectivity index (χ3n) is 9.96. The summed E-state index contributed by atoms with van der Waals surface area (Å²) in [4.78, 5) is 70.9. The lowest BCUT2D eigenvalue weighted by molar-refractivity contribution is -0.146.